The predicted molar refractivity (Wildman–Crippen MR) is 64.7 cm³/mol. The van der Waals surface area contributed by atoms with E-state index in [1.165, 1.54) is 11.3 Å². The number of thiazole rings is 1. The van der Waals surface area contributed by atoms with Crippen LogP contribution in [0.25, 0.3) is 0 Å². The smallest absolute Gasteiger partial charge is 0.282 e. The zero-order valence-electron chi connectivity index (χ0n) is 9.72. The van der Waals surface area contributed by atoms with E-state index in [2.05, 4.69) is 16.9 Å². The summed E-state index contributed by atoms with van der Waals surface area (Å²) in [5, 5.41) is 2.44. The molecule has 1 fully saturated rings. The molecule has 0 spiro atoms. The van der Waals surface area contributed by atoms with Gasteiger partial charge in [0, 0.05) is 24.7 Å². The first kappa shape index (κ1) is 11.5. The Morgan fingerprint density at radius 2 is 2.25 bits per heavy atom. The van der Waals surface area contributed by atoms with E-state index in [0.717, 1.165) is 25.9 Å². The molecule has 0 unspecified atom stereocenters. The molecule has 0 bridgehead atoms. The predicted octanol–water partition coefficient (Wildman–Crippen LogP) is 1.31. The molecule has 1 amide bonds. The van der Waals surface area contributed by atoms with Gasteiger partial charge in [-0.3, -0.25) is 4.79 Å². The van der Waals surface area contributed by atoms with Gasteiger partial charge < -0.3 is 9.80 Å². The van der Waals surface area contributed by atoms with Crippen molar-refractivity contribution in [2.75, 3.05) is 27.2 Å². The zero-order chi connectivity index (χ0) is 11.5. The number of carbonyl (C=O) groups is 1. The first-order valence-electron chi connectivity index (χ1n) is 5.53. The largest absolute Gasteiger partial charge is 0.337 e. The van der Waals surface area contributed by atoms with Crippen molar-refractivity contribution in [3.63, 3.8) is 0 Å². The van der Waals surface area contributed by atoms with E-state index in [1.54, 1.807) is 6.20 Å². The lowest BCUT2D eigenvalue weighted by atomic mass is 10.0. The van der Waals surface area contributed by atoms with E-state index in [1.807, 2.05) is 17.3 Å². The number of hydrogen-bond acceptors (Lipinski definition) is 4. The molecule has 0 N–H and O–H groups in total. The molecule has 1 aromatic heterocycles. The van der Waals surface area contributed by atoms with Crippen LogP contribution in [0.1, 0.15) is 22.6 Å². The van der Waals surface area contributed by atoms with Gasteiger partial charge in [-0.1, -0.05) is 0 Å². The molecule has 1 aliphatic rings. The summed E-state index contributed by atoms with van der Waals surface area (Å²) in [7, 11) is 4.01. The maximum Gasteiger partial charge on any atom is 0.282 e. The summed E-state index contributed by atoms with van der Waals surface area (Å²) in [6.45, 7) is 2.14. The first-order valence-corrected chi connectivity index (χ1v) is 6.41. The number of hydrogen-bond donors (Lipinski definition) is 0. The molecule has 1 saturated heterocycles. The van der Waals surface area contributed by atoms with Crippen LogP contribution in [-0.2, 0) is 0 Å². The number of nitrogens with zero attached hydrogens (tertiary/aromatic N) is 3. The second-order valence-corrected chi connectivity index (χ2v) is 5.18. The van der Waals surface area contributed by atoms with Crippen LogP contribution in [0.5, 0.6) is 0 Å². The highest BCUT2D eigenvalue weighted by Crippen LogP contribution is 2.17. The summed E-state index contributed by atoms with van der Waals surface area (Å²) in [4.78, 5) is 20.3. The SMILES string of the molecule is CN1CCC(N(C)C(=O)c2nccs2)CC1. The average molecular weight is 239 g/mol. The van der Waals surface area contributed by atoms with Gasteiger partial charge in [-0.15, -0.1) is 11.3 Å². The van der Waals surface area contributed by atoms with Gasteiger partial charge in [-0.2, -0.15) is 0 Å². The van der Waals surface area contributed by atoms with E-state index >= 15 is 0 Å². The molecule has 0 radical (unpaired) electrons. The van der Waals surface area contributed by atoms with Crippen molar-refractivity contribution in [1.29, 1.82) is 0 Å². The summed E-state index contributed by atoms with van der Waals surface area (Å²) in [5.74, 6) is 0.0598. The summed E-state index contributed by atoms with van der Waals surface area (Å²) < 4.78 is 0. The Kier molecular flexibility index (Phi) is 3.56. The van der Waals surface area contributed by atoms with Gasteiger partial charge in [-0.25, -0.2) is 4.98 Å². The van der Waals surface area contributed by atoms with Gasteiger partial charge >= 0.3 is 0 Å². The third-order valence-corrected chi connectivity index (χ3v) is 3.93. The minimum Gasteiger partial charge on any atom is -0.337 e. The Bertz CT molecular complexity index is 344. The quantitative estimate of drug-likeness (QED) is 0.781. The number of amides is 1. The second-order valence-electron chi connectivity index (χ2n) is 4.29. The van der Waals surface area contributed by atoms with Crippen LogP contribution >= 0.6 is 11.3 Å². The van der Waals surface area contributed by atoms with Crippen molar-refractivity contribution < 1.29 is 4.79 Å². The topological polar surface area (TPSA) is 36.4 Å². The lowest BCUT2D eigenvalue weighted by molar-refractivity contribution is 0.0659. The molecule has 4 nitrogen and oxygen atoms in total. The molecule has 0 atom stereocenters. The fraction of sp³-hybridized carbons (Fsp3) is 0.636. The molecule has 88 valence electrons. The number of rotatable bonds is 2. The molecule has 0 aliphatic carbocycles. The van der Waals surface area contributed by atoms with Crippen LogP contribution < -0.4 is 0 Å². The molecular formula is C11H17N3OS. The van der Waals surface area contributed by atoms with Crippen molar-refractivity contribution in [2.24, 2.45) is 0 Å². The number of likely N-dealkylation sites (tertiary alicyclic amines) is 1. The Labute approximate surface area is 99.9 Å². The van der Waals surface area contributed by atoms with Crippen molar-refractivity contribution >= 4 is 17.2 Å². The molecular weight excluding hydrogens is 222 g/mol. The Morgan fingerprint density at radius 1 is 1.56 bits per heavy atom. The van der Waals surface area contributed by atoms with Gasteiger partial charge in [0.05, 0.1) is 0 Å². The minimum absolute atomic E-state index is 0.0598. The highest BCUT2D eigenvalue weighted by atomic mass is 32.1. The van der Waals surface area contributed by atoms with Crippen molar-refractivity contribution in [2.45, 2.75) is 18.9 Å². The maximum atomic E-state index is 12.0. The lowest BCUT2D eigenvalue weighted by Crippen LogP contribution is -2.44. The monoisotopic (exact) mass is 239 g/mol. The van der Waals surface area contributed by atoms with Crippen LogP contribution in [0, 0.1) is 0 Å². The molecule has 1 aromatic rings. The van der Waals surface area contributed by atoms with Gasteiger partial charge in [0.2, 0.25) is 0 Å². The molecule has 0 saturated carbocycles. The normalized spacial score (nSPS) is 18.6. The fourth-order valence-corrected chi connectivity index (χ4v) is 2.65. The van der Waals surface area contributed by atoms with Crippen LogP contribution in [0.3, 0.4) is 0 Å². The second kappa shape index (κ2) is 4.93. The molecule has 2 heterocycles. The van der Waals surface area contributed by atoms with Crippen LogP contribution in [0.2, 0.25) is 0 Å². The Balaban J connectivity index is 1.97. The lowest BCUT2D eigenvalue weighted by Gasteiger charge is -2.34. The molecule has 16 heavy (non-hydrogen) atoms. The minimum atomic E-state index is 0.0598. The van der Waals surface area contributed by atoms with Crippen molar-refractivity contribution in [1.82, 2.24) is 14.8 Å². The van der Waals surface area contributed by atoms with E-state index in [-0.39, 0.29) is 5.91 Å². The summed E-state index contributed by atoms with van der Waals surface area (Å²) in [6.07, 6.45) is 3.80. The fourth-order valence-electron chi connectivity index (χ4n) is 2.03. The molecule has 2 rings (SSSR count). The van der Waals surface area contributed by atoms with Gasteiger partial charge in [-0.05, 0) is 33.0 Å². The highest BCUT2D eigenvalue weighted by Gasteiger charge is 2.25. The third-order valence-electron chi connectivity index (χ3n) is 3.17. The molecule has 0 aromatic carbocycles. The van der Waals surface area contributed by atoms with Crippen molar-refractivity contribution in [3.8, 4) is 0 Å². The van der Waals surface area contributed by atoms with Crippen molar-refractivity contribution in [3.05, 3.63) is 16.6 Å². The maximum absolute atomic E-state index is 12.0. The van der Waals surface area contributed by atoms with E-state index in [4.69, 9.17) is 0 Å². The van der Waals surface area contributed by atoms with Gasteiger partial charge in [0.1, 0.15) is 0 Å². The van der Waals surface area contributed by atoms with Gasteiger partial charge in [0.15, 0.2) is 5.01 Å². The summed E-state index contributed by atoms with van der Waals surface area (Å²) in [6, 6.07) is 0.368. The van der Waals surface area contributed by atoms with Crippen LogP contribution in [0.15, 0.2) is 11.6 Å². The van der Waals surface area contributed by atoms with E-state index in [0.29, 0.717) is 11.0 Å². The zero-order valence-corrected chi connectivity index (χ0v) is 10.5. The number of aromatic nitrogens is 1. The van der Waals surface area contributed by atoms with Gasteiger partial charge in [0.25, 0.3) is 5.91 Å². The summed E-state index contributed by atoms with van der Waals surface area (Å²) in [5.41, 5.74) is 0. The summed E-state index contributed by atoms with van der Waals surface area (Å²) >= 11 is 1.41. The standard InChI is InChI=1S/C11H17N3OS/c1-13-6-3-9(4-7-13)14(2)11(15)10-12-5-8-16-10/h5,8-9H,3-4,6-7H2,1-2H3. The Morgan fingerprint density at radius 3 is 2.81 bits per heavy atom. The van der Waals surface area contributed by atoms with Crippen LogP contribution in [-0.4, -0.2) is 53.9 Å². The number of carbonyl (C=O) groups excluding carboxylic acids is 1. The molecule has 5 heteroatoms. The average Bonchev–Trinajstić information content (AvgIpc) is 2.81. The van der Waals surface area contributed by atoms with E-state index in [9.17, 15) is 4.79 Å². The van der Waals surface area contributed by atoms with Crippen LogP contribution in [0.4, 0.5) is 0 Å². The highest BCUT2D eigenvalue weighted by molar-refractivity contribution is 7.11. The number of piperidine rings is 1. The molecule has 1 aliphatic heterocycles. The Hall–Kier alpha value is -0.940. The first-order chi connectivity index (χ1) is 7.68. The van der Waals surface area contributed by atoms with E-state index < -0.39 is 0 Å². The third kappa shape index (κ3) is 2.41.